The number of anilines is 1. The zero-order valence-corrected chi connectivity index (χ0v) is 23.1. The van der Waals surface area contributed by atoms with Crippen LogP contribution in [0, 0.1) is 12.7 Å². The Morgan fingerprint density at radius 2 is 1.59 bits per heavy atom. The predicted molar refractivity (Wildman–Crippen MR) is 159 cm³/mol. The van der Waals surface area contributed by atoms with Gasteiger partial charge in [0, 0.05) is 11.1 Å². The van der Waals surface area contributed by atoms with Crippen molar-refractivity contribution in [1.82, 2.24) is 9.55 Å². The van der Waals surface area contributed by atoms with Crippen LogP contribution in [-0.2, 0) is 11.3 Å². The van der Waals surface area contributed by atoms with E-state index in [1.807, 2.05) is 80.6 Å². The lowest BCUT2D eigenvalue weighted by Gasteiger charge is -2.16. The Hall–Kier alpha value is -3.87. The second-order valence-electron chi connectivity index (χ2n) is 9.27. The molecule has 0 spiro atoms. The smallest absolute Gasteiger partial charge is 0.237 e. The molecule has 1 heterocycles. The molecule has 1 N–H and O–H groups in total. The zero-order chi connectivity index (χ0) is 27.4. The Bertz CT molecular complexity index is 1590. The minimum Gasteiger partial charge on any atom is -0.324 e. The minimum atomic E-state index is -0.469. The van der Waals surface area contributed by atoms with Gasteiger partial charge in [-0.25, -0.2) is 9.37 Å². The number of hydrogen-bond donors (Lipinski definition) is 1. The predicted octanol–water partition coefficient (Wildman–Crippen LogP) is 8.49. The zero-order valence-electron chi connectivity index (χ0n) is 21.6. The molecule has 1 atom stereocenters. The first-order valence-electron chi connectivity index (χ1n) is 12.6. The van der Waals surface area contributed by atoms with E-state index in [0.29, 0.717) is 22.4 Å². The van der Waals surface area contributed by atoms with Gasteiger partial charge in [0.25, 0.3) is 0 Å². The highest BCUT2D eigenvalue weighted by molar-refractivity contribution is 8.00. The number of nitrogens with one attached hydrogen (secondary N) is 1. The van der Waals surface area contributed by atoms with Crippen molar-refractivity contribution in [1.29, 1.82) is 0 Å². The fourth-order valence-electron chi connectivity index (χ4n) is 4.29. The third kappa shape index (κ3) is 6.24. The summed E-state index contributed by atoms with van der Waals surface area (Å²) in [6.07, 6.45) is 0. The van der Waals surface area contributed by atoms with Crippen molar-refractivity contribution in [2.24, 2.45) is 0 Å². The minimum absolute atomic E-state index is 0.176. The summed E-state index contributed by atoms with van der Waals surface area (Å²) in [5.74, 6) is -0.461. The summed E-state index contributed by atoms with van der Waals surface area (Å²) in [4.78, 5) is 18.3. The van der Waals surface area contributed by atoms with Crippen LogP contribution in [0.4, 0.5) is 10.1 Å². The van der Waals surface area contributed by atoms with Crippen LogP contribution >= 0.6 is 23.4 Å². The number of rotatable bonds is 8. The number of carbonyl (C=O) groups is 1. The van der Waals surface area contributed by atoms with Gasteiger partial charge >= 0.3 is 0 Å². The van der Waals surface area contributed by atoms with E-state index < -0.39 is 5.25 Å². The van der Waals surface area contributed by atoms with Crippen molar-refractivity contribution in [3.05, 3.63) is 125 Å². The first-order valence-corrected chi connectivity index (χ1v) is 13.8. The molecule has 1 aromatic heterocycles. The number of benzene rings is 4. The molecule has 7 heteroatoms. The number of amides is 1. The summed E-state index contributed by atoms with van der Waals surface area (Å²) >= 11 is 7.74. The van der Waals surface area contributed by atoms with Gasteiger partial charge in [0.05, 0.1) is 33.9 Å². The molecule has 0 aliphatic rings. The van der Waals surface area contributed by atoms with Gasteiger partial charge in [-0.2, -0.15) is 0 Å². The molecule has 1 amide bonds. The van der Waals surface area contributed by atoms with Gasteiger partial charge in [-0.1, -0.05) is 102 Å². The highest BCUT2D eigenvalue weighted by Gasteiger charge is 2.24. The second-order valence-corrected chi connectivity index (χ2v) is 11.0. The molecular weight excluding hydrogens is 529 g/mol. The SMILES string of the molecule is Cc1ccc(NC(=O)C(C)Sc2nc(-c3ccccc3)c(-c3ccccc3)n2Cc2ccc(F)cc2)c(Cl)c1. The average Bonchev–Trinajstić information content (AvgIpc) is 3.29. The van der Waals surface area contributed by atoms with Crippen LogP contribution in [0.15, 0.2) is 108 Å². The molecule has 0 bridgehead atoms. The summed E-state index contributed by atoms with van der Waals surface area (Å²) < 4.78 is 15.8. The molecule has 0 fully saturated rings. The molecule has 5 rings (SSSR count). The Labute approximate surface area is 236 Å². The molecule has 5 aromatic rings. The van der Waals surface area contributed by atoms with Gasteiger partial charge < -0.3 is 9.88 Å². The van der Waals surface area contributed by atoms with E-state index in [1.165, 1.54) is 23.9 Å². The largest absolute Gasteiger partial charge is 0.324 e. The van der Waals surface area contributed by atoms with Gasteiger partial charge in [-0.15, -0.1) is 0 Å². The van der Waals surface area contributed by atoms with Crippen molar-refractivity contribution in [3.63, 3.8) is 0 Å². The van der Waals surface area contributed by atoms with Crippen LogP contribution in [0.25, 0.3) is 22.5 Å². The molecule has 0 radical (unpaired) electrons. The van der Waals surface area contributed by atoms with E-state index in [-0.39, 0.29) is 11.7 Å². The number of carbonyl (C=O) groups excluding carboxylic acids is 1. The molecule has 1 unspecified atom stereocenters. The van der Waals surface area contributed by atoms with E-state index in [0.717, 1.165) is 33.6 Å². The highest BCUT2D eigenvalue weighted by Crippen LogP contribution is 2.38. The second kappa shape index (κ2) is 11.9. The standard InChI is InChI=1S/C32H27ClFN3OS/c1-21-13-18-28(27(33)19-21)35-31(38)22(2)39-32-36-29(24-9-5-3-6-10-24)30(25-11-7-4-8-12-25)37(32)20-23-14-16-26(34)17-15-23/h3-19,22H,20H2,1-2H3,(H,35,38). The van der Waals surface area contributed by atoms with Crippen molar-refractivity contribution >= 4 is 35.0 Å². The number of imidazole rings is 1. The lowest BCUT2D eigenvalue weighted by molar-refractivity contribution is -0.115. The quantitative estimate of drug-likeness (QED) is 0.195. The van der Waals surface area contributed by atoms with Crippen molar-refractivity contribution in [3.8, 4) is 22.5 Å². The number of nitrogens with zero attached hydrogens (tertiary/aromatic N) is 2. The van der Waals surface area contributed by atoms with Gasteiger partial charge in [0.15, 0.2) is 5.16 Å². The fraction of sp³-hybridized carbons (Fsp3) is 0.125. The molecular formula is C32H27ClFN3OS. The normalized spacial score (nSPS) is 11.8. The van der Waals surface area contributed by atoms with Gasteiger partial charge in [0.1, 0.15) is 5.82 Å². The van der Waals surface area contributed by atoms with Gasteiger partial charge in [0.2, 0.25) is 5.91 Å². The molecule has 0 saturated heterocycles. The van der Waals surface area contributed by atoms with Crippen LogP contribution in [0.1, 0.15) is 18.1 Å². The summed E-state index contributed by atoms with van der Waals surface area (Å²) in [6.45, 7) is 4.26. The topological polar surface area (TPSA) is 46.9 Å². The number of thioether (sulfide) groups is 1. The first kappa shape index (κ1) is 26.7. The number of hydrogen-bond acceptors (Lipinski definition) is 3. The molecule has 0 aliphatic carbocycles. The fourth-order valence-corrected chi connectivity index (χ4v) is 5.49. The lowest BCUT2D eigenvalue weighted by Crippen LogP contribution is -2.23. The van der Waals surface area contributed by atoms with Gasteiger partial charge in [-0.05, 0) is 49.2 Å². The monoisotopic (exact) mass is 555 g/mol. The van der Waals surface area contributed by atoms with Crippen LogP contribution in [0.5, 0.6) is 0 Å². The Kier molecular flexibility index (Phi) is 8.15. The van der Waals surface area contributed by atoms with Crippen molar-refractivity contribution in [2.45, 2.75) is 30.8 Å². The number of aryl methyl sites for hydroxylation is 1. The first-order chi connectivity index (χ1) is 18.9. The van der Waals surface area contributed by atoms with E-state index in [4.69, 9.17) is 16.6 Å². The van der Waals surface area contributed by atoms with E-state index in [9.17, 15) is 9.18 Å². The summed E-state index contributed by atoms with van der Waals surface area (Å²) in [7, 11) is 0. The van der Waals surface area contributed by atoms with Crippen molar-refractivity contribution < 1.29 is 9.18 Å². The summed E-state index contributed by atoms with van der Waals surface area (Å²) in [5, 5.41) is 3.66. The Morgan fingerprint density at radius 1 is 0.949 bits per heavy atom. The molecule has 0 aliphatic heterocycles. The average molecular weight is 556 g/mol. The molecule has 4 aromatic carbocycles. The molecule has 4 nitrogen and oxygen atoms in total. The van der Waals surface area contributed by atoms with E-state index >= 15 is 0 Å². The van der Waals surface area contributed by atoms with Gasteiger partial charge in [-0.3, -0.25) is 4.79 Å². The Morgan fingerprint density at radius 3 is 2.23 bits per heavy atom. The van der Waals surface area contributed by atoms with Crippen LogP contribution < -0.4 is 5.32 Å². The van der Waals surface area contributed by atoms with Crippen LogP contribution in [0.3, 0.4) is 0 Å². The van der Waals surface area contributed by atoms with E-state index in [2.05, 4.69) is 22.0 Å². The third-order valence-electron chi connectivity index (χ3n) is 6.31. The Balaban J connectivity index is 1.56. The van der Waals surface area contributed by atoms with Crippen LogP contribution in [0.2, 0.25) is 5.02 Å². The summed E-state index contributed by atoms with van der Waals surface area (Å²) in [5.41, 5.74) is 6.25. The molecule has 0 saturated carbocycles. The lowest BCUT2D eigenvalue weighted by atomic mass is 10.0. The maximum Gasteiger partial charge on any atom is 0.237 e. The van der Waals surface area contributed by atoms with E-state index in [1.54, 1.807) is 12.1 Å². The van der Waals surface area contributed by atoms with Crippen LogP contribution in [-0.4, -0.2) is 20.7 Å². The maximum absolute atomic E-state index is 13.7. The molecule has 39 heavy (non-hydrogen) atoms. The third-order valence-corrected chi connectivity index (χ3v) is 7.72. The summed E-state index contributed by atoms with van der Waals surface area (Å²) in [6, 6.07) is 32.1. The molecule has 196 valence electrons. The highest BCUT2D eigenvalue weighted by atomic mass is 35.5. The maximum atomic E-state index is 13.7. The number of aromatic nitrogens is 2. The van der Waals surface area contributed by atoms with Crippen molar-refractivity contribution in [2.75, 3.05) is 5.32 Å². The number of halogens is 2.